The number of nitrogens with zero attached hydrogens (tertiary/aromatic N) is 4. The van der Waals surface area contributed by atoms with Gasteiger partial charge >= 0.3 is 0 Å². The molecule has 4 aromatic rings. The van der Waals surface area contributed by atoms with Crippen LogP contribution >= 0.6 is 11.6 Å². The summed E-state index contributed by atoms with van der Waals surface area (Å²) >= 11 is 5.82. The number of amides is 1. The molecule has 0 bridgehead atoms. The zero-order valence-electron chi connectivity index (χ0n) is 16.6. The maximum Gasteiger partial charge on any atom is 0.264 e. The Kier molecular flexibility index (Phi) is 6.28. The van der Waals surface area contributed by atoms with Crippen LogP contribution < -0.4 is 15.6 Å². The van der Waals surface area contributed by atoms with Gasteiger partial charge in [-0.3, -0.25) is 14.2 Å². The first-order valence-electron chi connectivity index (χ1n) is 9.70. The molecule has 0 radical (unpaired) electrons. The van der Waals surface area contributed by atoms with Crippen LogP contribution in [0.4, 0.5) is 0 Å². The predicted octanol–water partition coefficient (Wildman–Crippen LogP) is 2.49. The van der Waals surface area contributed by atoms with E-state index < -0.39 is 0 Å². The molecule has 0 aliphatic rings. The molecule has 0 saturated carbocycles. The summed E-state index contributed by atoms with van der Waals surface area (Å²) in [5, 5.41) is 8.05. The minimum Gasteiger partial charge on any atom is -0.484 e. The van der Waals surface area contributed by atoms with Gasteiger partial charge in [-0.2, -0.15) is 5.10 Å². The fourth-order valence-electron chi connectivity index (χ4n) is 3.09. The maximum absolute atomic E-state index is 12.7. The number of ether oxygens (including phenoxy) is 1. The van der Waals surface area contributed by atoms with Gasteiger partial charge in [0.2, 0.25) is 0 Å². The second-order valence-electron chi connectivity index (χ2n) is 6.86. The Labute approximate surface area is 183 Å². The maximum atomic E-state index is 12.7. The molecular weight excluding hydrogens is 418 g/mol. The van der Waals surface area contributed by atoms with E-state index in [0.29, 0.717) is 41.4 Å². The van der Waals surface area contributed by atoms with Crippen LogP contribution in [0.25, 0.3) is 11.0 Å². The van der Waals surface area contributed by atoms with Gasteiger partial charge in [0, 0.05) is 11.6 Å². The molecule has 1 N–H and O–H groups in total. The summed E-state index contributed by atoms with van der Waals surface area (Å²) in [4.78, 5) is 29.1. The van der Waals surface area contributed by atoms with E-state index in [4.69, 9.17) is 16.3 Å². The highest BCUT2D eigenvalue weighted by Gasteiger charge is 2.11. The topological polar surface area (TPSA) is 91.0 Å². The van der Waals surface area contributed by atoms with Crippen molar-refractivity contribution in [2.75, 3.05) is 13.2 Å². The van der Waals surface area contributed by atoms with E-state index in [1.165, 1.54) is 12.5 Å². The van der Waals surface area contributed by atoms with E-state index in [1.807, 2.05) is 30.3 Å². The van der Waals surface area contributed by atoms with Crippen LogP contribution in [-0.4, -0.2) is 38.4 Å². The number of rotatable bonds is 8. The van der Waals surface area contributed by atoms with Crippen LogP contribution in [0.5, 0.6) is 5.75 Å². The number of hydrogen-bond donors (Lipinski definition) is 1. The van der Waals surface area contributed by atoms with Crippen LogP contribution in [0.1, 0.15) is 5.56 Å². The van der Waals surface area contributed by atoms with Crippen molar-refractivity contribution < 1.29 is 9.53 Å². The minimum absolute atomic E-state index is 0.107. The summed E-state index contributed by atoms with van der Waals surface area (Å²) in [6.45, 7) is 1.04. The lowest BCUT2D eigenvalue weighted by Crippen LogP contribution is -2.31. The minimum atomic E-state index is -0.260. The molecule has 2 heterocycles. The third-order valence-electron chi connectivity index (χ3n) is 4.65. The van der Waals surface area contributed by atoms with E-state index in [0.717, 1.165) is 5.56 Å². The Morgan fingerprint density at radius 2 is 1.87 bits per heavy atom. The van der Waals surface area contributed by atoms with Crippen molar-refractivity contribution in [2.24, 2.45) is 0 Å². The number of aromatic nitrogens is 4. The molecule has 31 heavy (non-hydrogen) atoms. The fraction of sp³-hybridized carbons (Fsp3) is 0.182. The lowest BCUT2D eigenvalue weighted by Gasteiger charge is -2.08. The van der Waals surface area contributed by atoms with Crippen molar-refractivity contribution >= 4 is 28.5 Å². The fourth-order valence-corrected chi connectivity index (χ4v) is 3.21. The Balaban J connectivity index is 1.33. The Hall–Kier alpha value is -3.65. The summed E-state index contributed by atoms with van der Waals surface area (Å²) in [6, 6.07) is 16.5. The highest BCUT2D eigenvalue weighted by atomic mass is 35.5. The number of carbonyl (C=O) groups is 1. The van der Waals surface area contributed by atoms with Crippen molar-refractivity contribution in [1.82, 2.24) is 24.6 Å². The van der Waals surface area contributed by atoms with E-state index >= 15 is 0 Å². The number of fused-ring (bicyclic) bond motifs is 1. The van der Waals surface area contributed by atoms with E-state index in [2.05, 4.69) is 15.4 Å². The molecule has 0 aliphatic heterocycles. The van der Waals surface area contributed by atoms with E-state index in [-0.39, 0.29) is 18.1 Å². The van der Waals surface area contributed by atoms with Crippen LogP contribution in [0, 0.1) is 0 Å². The number of halogens is 1. The normalized spacial score (nSPS) is 10.9. The molecule has 0 saturated heterocycles. The molecule has 9 heteroatoms. The second-order valence-corrected chi connectivity index (χ2v) is 7.30. The van der Waals surface area contributed by atoms with Gasteiger partial charge in [0.15, 0.2) is 12.3 Å². The first-order valence-corrected chi connectivity index (χ1v) is 10.1. The zero-order valence-corrected chi connectivity index (χ0v) is 17.3. The molecule has 0 fully saturated rings. The highest BCUT2D eigenvalue weighted by molar-refractivity contribution is 6.30. The van der Waals surface area contributed by atoms with Gasteiger partial charge in [0.1, 0.15) is 17.5 Å². The lowest BCUT2D eigenvalue weighted by atomic mass is 10.2. The summed E-state index contributed by atoms with van der Waals surface area (Å²) in [6.07, 6.45) is 3.03. The summed E-state index contributed by atoms with van der Waals surface area (Å²) in [5.74, 6) is 0.304. The van der Waals surface area contributed by atoms with Gasteiger partial charge in [0.05, 0.1) is 19.3 Å². The molecule has 0 atom stereocenters. The van der Waals surface area contributed by atoms with Gasteiger partial charge in [-0.15, -0.1) is 0 Å². The largest absolute Gasteiger partial charge is 0.484 e. The molecular formula is C22H20ClN5O3. The monoisotopic (exact) mass is 437 g/mol. The summed E-state index contributed by atoms with van der Waals surface area (Å²) in [7, 11) is 0. The molecule has 2 aromatic carbocycles. The molecule has 2 aromatic heterocycles. The van der Waals surface area contributed by atoms with Crippen LogP contribution in [0.3, 0.4) is 0 Å². The number of benzene rings is 2. The Morgan fingerprint density at radius 3 is 2.65 bits per heavy atom. The molecule has 0 unspecified atom stereocenters. The first kappa shape index (κ1) is 20.6. The van der Waals surface area contributed by atoms with Crippen molar-refractivity contribution in [1.29, 1.82) is 0 Å². The number of nitrogens with one attached hydrogen (secondary N) is 1. The average Bonchev–Trinajstić information content (AvgIpc) is 3.20. The summed E-state index contributed by atoms with van der Waals surface area (Å²) in [5.41, 5.74) is 1.35. The average molecular weight is 438 g/mol. The van der Waals surface area contributed by atoms with Crippen molar-refractivity contribution in [2.45, 2.75) is 13.1 Å². The van der Waals surface area contributed by atoms with Gasteiger partial charge in [-0.05, 0) is 29.8 Å². The third-order valence-corrected chi connectivity index (χ3v) is 4.90. The van der Waals surface area contributed by atoms with E-state index in [1.54, 1.807) is 33.5 Å². The van der Waals surface area contributed by atoms with Crippen LogP contribution in [0.2, 0.25) is 5.02 Å². The Morgan fingerprint density at radius 1 is 1.10 bits per heavy atom. The first-order chi connectivity index (χ1) is 15.1. The molecule has 158 valence electrons. The quantitative estimate of drug-likeness (QED) is 0.457. The predicted molar refractivity (Wildman–Crippen MR) is 117 cm³/mol. The molecule has 1 amide bonds. The third kappa shape index (κ3) is 5.10. The molecule has 4 rings (SSSR count). The van der Waals surface area contributed by atoms with Crippen LogP contribution in [0.15, 0.2) is 71.9 Å². The summed E-state index contributed by atoms with van der Waals surface area (Å²) < 4.78 is 8.57. The number of carbonyl (C=O) groups excluding carboxylic acids is 1. The van der Waals surface area contributed by atoms with Crippen molar-refractivity contribution in [3.8, 4) is 5.75 Å². The smallest absolute Gasteiger partial charge is 0.264 e. The number of hydrogen-bond acceptors (Lipinski definition) is 5. The van der Waals surface area contributed by atoms with Gasteiger partial charge in [-0.25, -0.2) is 9.67 Å². The SMILES string of the molecule is O=C(COc1ccc(Cl)cc1)NCCn1ncc2c(=O)n(Cc3ccccc3)cnc21. The van der Waals surface area contributed by atoms with Gasteiger partial charge in [-0.1, -0.05) is 41.9 Å². The highest BCUT2D eigenvalue weighted by Crippen LogP contribution is 2.15. The van der Waals surface area contributed by atoms with E-state index in [9.17, 15) is 9.59 Å². The van der Waals surface area contributed by atoms with Gasteiger partial charge in [0.25, 0.3) is 11.5 Å². The van der Waals surface area contributed by atoms with Gasteiger partial charge < -0.3 is 10.1 Å². The standard InChI is InChI=1S/C22H20ClN5O3/c23-17-6-8-18(9-7-17)31-14-20(29)24-10-11-28-21-19(12-26-28)22(30)27(15-25-21)13-16-4-2-1-3-5-16/h1-9,12,15H,10-11,13-14H2,(H,24,29). The Bertz CT molecular complexity index is 1240. The lowest BCUT2D eigenvalue weighted by molar-refractivity contribution is -0.123. The molecule has 0 aliphatic carbocycles. The van der Waals surface area contributed by atoms with Crippen LogP contribution in [-0.2, 0) is 17.9 Å². The zero-order chi connectivity index (χ0) is 21.6. The van der Waals surface area contributed by atoms with Crippen molar-refractivity contribution in [3.63, 3.8) is 0 Å². The molecule has 8 nitrogen and oxygen atoms in total. The molecule has 0 spiro atoms. The second kappa shape index (κ2) is 9.44. The van der Waals surface area contributed by atoms with Crippen molar-refractivity contribution in [3.05, 3.63) is 88.1 Å².